The van der Waals surface area contributed by atoms with E-state index in [0.717, 1.165) is 22.6 Å². The number of carbonyl (C=O) groups is 1. The van der Waals surface area contributed by atoms with E-state index in [4.69, 9.17) is 4.74 Å². The number of nitrogens with one attached hydrogen (secondary N) is 2. The molecule has 5 rings (SSSR count). The van der Waals surface area contributed by atoms with E-state index in [9.17, 15) is 13.2 Å². The number of amides is 1. The van der Waals surface area contributed by atoms with Gasteiger partial charge in [-0.3, -0.25) is 14.8 Å². The van der Waals surface area contributed by atoms with Crippen molar-refractivity contribution >= 4 is 38.1 Å². The molecule has 1 aliphatic rings. The van der Waals surface area contributed by atoms with Gasteiger partial charge in [0, 0.05) is 16.9 Å². The lowest BCUT2D eigenvalue weighted by atomic mass is 10.1. The minimum Gasteiger partial charge on any atom is -0.497 e. The summed E-state index contributed by atoms with van der Waals surface area (Å²) in [5.74, 6) is 0.107. The number of sulfonamides is 1. The van der Waals surface area contributed by atoms with Crippen LogP contribution in [0.2, 0.25) is 0 Å². The molecular formula is C24H19N3O4S2. The van der Waals surface area contributed by atoms with Crippen LogP contribution in [0.3, 0.4) is 0 Å². The van der Waals surface area contributed by atoms with Crippen LogP contribution >= 0.6 is 11.3 Å². The summed E-state index contributed by atoms with van der Waals surface area (Å²) in [5, 5.41) is 3.30. The van der Waals surface area contributed by atoms with Crippen LogP contribution in [0, 0.1) is 0 Å². The lowest BCUT2D eigenvalue weighted by Gasteiger charge is -2.12. The first kappa shape index (κ1) is 21.2. The second-order valence-corrected chi connectivity index (χ2v) is 10.2. The Kier molecular flexibility index (Phi) is 5.35. The van der Waals surface area contributed by atoms with E-state index in [0.29, 0.717) is 10.9 Å². The highest BCUT2D eigenvalue weighted by molar-refractivity contribution is 7.92. The third-order valence-corrected chi connectivity index (χ3v) is 7.68. The average molecular weight is 478 g/mol. The SMILES string of the molecule is COc1ccc(S(=O)(=O)Nc2ccccc2C(=O)Nc2nc3c(s2)Cc2ccccc2-3)cc1. The van der Waals surface area contributed by atoms with Gasteiger partial charge in [0.2, 0.25) is 0 Å². The first-order valence-corrected chi connectivity index (χ1v) is 12.4. The van der Waals surface area contributed by atoms with Crippen molar-refractivity contribution in [3.63, 3.8) is 0 Å². The summed E-state index contributed by atoms with van der Waals surface area (Å²) < 4.78 is 33.3. The van der Waals surface area contributed by atoms with Gasteiger partial charge < -0.3 is 4.74 Å². The molecule has 1 amide bonds. The van der Waals surface area contributed by atoms with Crippen molar-refractivity contribution in [2.75, 3.05) is 17.1 Å². The second-order valence-electron chi connectivity index (χ2n) is 7.41. The molecule has 3 aromatic carbocycles. The fourth-order valence-electron chi connectivity index (χ4n) is 3.71. The van der Waals surface area contributed by atoms with Crippen LogP contribution in [0.4, 0.5) is 10.8 Å². The van der Waals surface area contributed by atoms with Gasteiger partial charge in [-0.05, 0) is 42.0 Å². The van der Waals surface area contributed by atoms with E-state index in [2.05, 4.69) is 21.1 Å². The fraction of sp³-hybridized carbons (Fsp3) is 0.0833. The molecule has 0 fully saturated rings. The van der Waals surface area contributed by atoms with E-state index in [1.54, 1.807) is 36.4 Å². The minimum absolute atomic E-state index is 0.0634. The van der Waals surface area contributed by atoms with Crippen molar-refractivity contribution in [3.05, 3.63) is 88.8 Å². The van der Waals surface area contributed by atoms with Gasteiger partial charge in [0.05, 0.1) is 29.0 Å². The van der Waals surface area contributed by atoms with E-state index >= 15 is 0 Å². The number of fused-ring (bicyclic) bond motifs is 3. The Morgan fingerprint density at radius 1 is 1.00 bits per heavy atom. The van der Waals surface area contributed by atoms with Crippen LogP contribution < -0.4 is 14.8 Å². The highest BCUT2D eigenvalue weighted by Gasteiger charge is 2.24. The summed E-state index contributed by atoms with van der Waals surface area (Å²) in [6.07, 6.45) is 0.789. The number of benzene rings is 3. The summed E-state index contributed by atoms with van der Waals surface area (Å²) in [7, 11) is -2.39. The Hall–Kier alpha value is -3.69. The van der Waals surface area contributed by atoms with Crippen LogP contribution in [0.15, 0.2) is 77.7 Å². The summed E-state index contributed by atoms with van der Waals surface area (Å²) in [6.45, 7) is 0. The number of rotatable bonds is 6. The van der Waals surface area contributed by atoms with Gasteiger partial charge in [-0.25, -0.2) is 13.4 Å². The number of carbonyl (C=O) groups excluding carboxylic acids is 1. The molecule has 4 aromatic rings. The third kappa shape index (κ3) is 4.08. The maximum absolute atomic E-state index is 13.0. The number of aromatic nitrogens is 1. The van der Waals surface area contributed by atoms with Crippen molar-refractivity contribution in [3.8, 4) is 17.0 Å². The Balaban J connectivity index is 1.38. The van der Waals surface area contributed by atoms with Gasteiger partial charge in [0.1, 0.15) is 5.75 Å². The zero-order valence-corrected chi connectivity index (χ0v) is 19.2. The van der Waals surface area contributed by atoms with Crippen LogP contribution in [-0.4, -0.2) is 26.4 Å². The van der Waals surface area contributed by atoms with E-state index in [-0.39, 0.29) is 16.1 Å². The maximum atomic E-state index is 13.0. The molecule has 166 valence electrons. The fourth-order valence-corrected chi connectivity index (χ4v) is 5.78. The topological polar surface area (TPSA) is 97.4 Å². The Morgan fingerprint density at radius 3 is 2.52 bits per heavy atom. The van der Waals surface area contributed by atoms with Crippen LogP contribution in [0.5, 0.6) is 5.75 Å². The molecule has 1 heterocycles. The van der Waals surface area contributed by atoms with Crippen LogP contribution in [0.25, 0.3) is 11.3 Å². The zero-order chi connectivity index (χ0) is 23.0. The van der Waals surface area contributed by atoms with Crippen LogP contribution in [0.1, 0.15) is 20.8 Å². The van der Waals surface area contributed by atoms with Crippen molar-refractivity contribution in [2.24, 2.45) is 0 Å². The predicted octanol–water partition coefficient (Wildman–Crippen LogP) is 4.78. The number of methoxy groups -OCH3 is 1. The van der Waals surface area contributed by atoms with Gasteiger partial charge in [-0.1, -0.05) is 36.4 Å². The first-order valence-electron chi connectivity index (χ1n) is 10.1. The smallest absolute Gasteiger partial charge is 0.261 e. The first-order chi connectivity index (χ1) is 15.9. The largest absolute Gasteiger partial charge is 0.497 e. The molecule has 33 heavy (non-hydrogen) atoms. The standard InChI is InChI=1S/C24H19N3O4S2/c1-31-16-10-12-17(13-11-16)33(29,30)27-20-9-5-4-8-19(20)23(28)26-24-25-22-18-7-3-2-6-15(18)14-21(22)32-24/h2-13,27H,14H2,1H3,(H,25,26,28). The summed E-state index contributed by atoms with van der Waals surface area (Å²) in [6, 6.07) is 20.5. The molecular weight excluding hydrogens is 458 g/mol. The normalized spacial score (nSPS) is 12.0. The quantitative estimate of drug-likeness (QED) is 0.367. The number of ether oxygens (including phenoxy) is 1. The molecule has 7 nitrogen and oxygen atoms in total. The van der Waals surface area contributed by atoms with Gasteiger partial charge in [0.15, 0.2) is 5.13 Å². The molecule has 0 spiro atoms. The van der Waals surface area contributed by atoms with E-state index in [1.165, 1.54) is 36.1 Å². The zero-order valence-electron chi connectivity index (χ0n) is 17.5. The highest BCUT2D eigenvalue weighted by atomic mass is 32.2. The number of para-hydroxylation sites is 1. The molecule has 1 aliphatic carbocycles. The van der Waals surface area contributed by atoms with Crippen molar-refractivity contribution in [2.45, 2.75) is 11.3 Å². The number of hydrogen-bond acceptors (Lipinski definition) is 6. The summed E-state index contributed by atoms with van der Waals surface area (Å²) in [4.78, 5) is 18.8. The molecule has 0 unspecified atom stereocenters. The third-order valence-electron chi connectivity index (χ3n) is 5.33. The van der Waals surface area contributed by atoms with Crippen LogP contribution in [-0.2, 0) is 16.4 Å². The maximum Gasteiger partial charge on any atom is 0.261 e. The Labute approximate surface area is 195 Å². The number of thiazole rings is 1. The Bertz CT molecular complexity index is 1460. The Morgan fingerprint density at radius 2 is 1.73 bits per heavy atom. The molecule has 9 heteroatoms. The molecule has 0 aliphatic heterocycles. The number of anilines is 2. The molecule has 0 saturated carbocycles. The van der Waals surface area contributed by atoms with Gasteiger partial charge in [-0.2, -0.15) is 0 Å². The van der Waals surface area contributed by atoms with E-state index in [1.807, 2.05) is 18.2 Å². The van der Waals surface area contributed by atoms with E-state index < -0.39 is 15.9 Å². The molecule has 1 aromatic heterocycles. The number of nitrogens with zero attached hydrogens (tertiary/aromatic N) is 1. The second kappa shape index (κ2) is 8.34. The van der Waals surface area contributed by atoms with Gasteiger partial charge in [-0.15, -0.1) is 11.3 Å². The lowest BCUT2D eigenvalue weighted by Crippen LogP contribution is -2.18. The van der Waals surface area contributed by atoms with Crippen molar-refractivity contribution in [1.82, 2.24) is 4.98 Å². The predicted molar refractivity (Wildman–Crippen MR) is 129 cm³/mol. The molecule has 2 N–H and O–H groups in total. The van der Waals surface area contributed by atoms with Gasteiger partial charge >= 0.3 is 0 Å². The highest BCUT2D eigenvalue weighted by Crippen LogP contribution is 2.41. The summed E-state index contributed by atoms with van der Waals surface area (Å²) >= 11 is 1.43. The molecule has 0 radical (unpaired) electrons. The lowest BCUT2D eigenvalue weighted by molar-refractivity contribution is 0.102. The summed E-state index contributed by atoms with van der Waals surface area (Å²) in [5.41, 5.74) is 3.57. The molecule has 0 atom stereocenters. The monoisotopic (exact) mass is 477 g/mol. The van der Waals surface area contributed by atoms with Crippen molar-refractivity contribution < 1.29 is 17.9 Å². The molecule has 0 saturated heterocycles. The average Bonchev–Trinajstić information content (AvgIpc) is 3.36. The minimum atomic E-state index is -3.90. The molecule has 0 bridgehead atoms. The van der Waals surface area contributed by atoms with Crippen molar-refractivity contribution in [1.29, 1.82) is 0 Å². The van der Waals surface area contributed by atoms with Gasteiger partial charge in [0.25, 0.3) is 15.9 Å². The number of hydrogen-bond donors (Lipinski definition) is 2.